The topological polar surface area (TPSA) is 3.24 Å². The fourth-order valence-corrected chi connectivity index (χ4v) is 2.25. The van der Waals surface area contributed by atoms with Crippen LogP contribution in [-0.2, 0) is 0 Å². The average Bonchev–Trinajstić information content (AvgIpc) is 2.29. The van der Waals surface area contributed by atoms with Crippen molar-refractivity contribution in [3.05, 3.63) is 42.5 Å². The lowest BCUT2D eigenvalue weighted by Crippen LogP contribution is -2.32. The fraction of sp³-hybridized carbons (Fsp3) is 0.429. The molecule has 1 aromatic carbocycles. The van der Waals surface area contributed by atoms with Crippen LogP contribution < -0.4 is 0 Å². The molecule has 0 N–H and O–H groups in total. The summed E-state index contributed by atoms with van der Waals surface area (Å²) >= 11 is 0. The van der Waals surface area contributed by atoms with E-state index >= 15 is 0 Å². The maximum Gasteiger partial charge on any atom is 0.0366 e. The minimum absolute atomic E-state index is 0.805. The number of hydrogen-bond donors (Lipinski definition) is 0. The van der Waals surface area contributed by atoms with E-state index in [2.05, 4.69) is 48.7 Å². The van der Waals surface area contributed by atoms with Gasteiger partial charge in [-0.05, 0) is 24.3 Å². The van der Waals surface area contributed by atoms with E-state index in [1.807, 2.05) is 0 Å². The molecule has 0 amide bonds. The van der Waals surface area contributed by atoms with E-state index in [9.17, 15) is 0 Å². The first kappa shape index (κ1) is 10.3. The summed E-state index contributed by atoms with van der Waals surface area (Å²) in [5.41, 5.74) is 2.44. The maximum atomic E-state index is 4.21. The molecular weight excluding hydrogens is 182 g/mol. The predicted octanol–water partition coefficient (Wildman–Crippen LogP) is 3.39. The molecule has 0 radical (unpaired) electrons. The molecule has 1 aliphatic heterocycles. The minimum Gasteiger partial charge on any atom is -0.371 e. The van der Waals surface area contributed by atoms with E-state index in [4.69, 9.17) is 0 Å². The molecule has 15 heavy (non-hydrogen) atoms. The Hall–Kier alpha value is -1.24. The molecule has 1 fully saturated rings. The Labute approximate surface area is 92.4 Å². The van der Waals surface area contributed by atoms with Gasteiger partial charge in [0.05, 0.1) is 0 Å². The Balaban J connectivity index is 2.08. The van der Waals surface area contributed by atoms with Gasteiger partial charge in [0, 0.05) is 18.8 Å². The lowest BCUT2D eigenvalue weighted by molar-refractivity contribution is 0.261. The van der Waals surface area contributed by atoms with Crippen LogP contribution in [0, 0.1) is 5.92 Å². The SMILES string of the molecule is C=C(c1ccccc1)N1CCC[C@@H](C)C1. The third-order valence-electron chi connectivity index (χ3n) is 3.15. The van der Waals surface area contributed by atoms with Crippen LogP contribution in [0.4, 0.5) is 0 Å². The number of piperidine rings is 1. The smallest absolute Gasteiger partial charge is 0.0366 e. The molecule has 1 heteroatoms. The molecule has 80 valence electrons. The van der Waals surface area contributed by atoms with Gasteiger partial charge < -0.3 is 4.90 Å². The first-order valence-corrected chi connectivity index (χ1v) is 5.76. The Morgan fingerprint density at radius 3 is 2.73 bits per heavy atom. The van der Waals surface area contributed by atoms with Crippen molar-refractivity contribution in [1.82, 2.24) is 4.90 Å². The van der Waals surface area contributed by atoms with Gasteiger partial charge in [0.15, 0.2) is 0 Å². The molecule has 1 nitrogen and oxygen atoms in total. The van der Waals surface area contributed by atoms with E-state index < -0.39 is 0 Å². The highest BCUT2D eigenvalue weighted by Gasteiger charge is 2.17. The van der Waals surface area contributed by atoms with Gasteiger partial charge in [0.25, 0.3) is 0 Å². The highest BCUT2D eigenvalue weighted by atomic mass is 15.1. The Morgan fingerprint density at radius 1 is 1.33 bits per heavy atom. The maximum absolute atomic E-state index is 4.21. The summed E-state index contributed by atoms with van der Waals surface area (Å²) in [7, 11) is 0. The predicted molar refractivity (Wildman–Crippen MR) is 65.4 cm³/mol. The zero-order valence-corrected chi connectivity index (χ0v) is 9.45. The molecular formula is C14H19N. The summed E-state index contributed by atoms with van der Waals surface area (Å²) in [6.45, 7) is 8.86. The molecule has 1 aliphatic rings. The van der Waals surface area contributed by atoms with Crippen LogP contribution in [0.5, 0.6) is 0 Å². The molecule has 0 bridgehead atoms. The molecule has 1 aromatic rings. The van der Waals surface area contributed by atoms with Crippen LogP contribution in [0.2, 0.25) is 0 Å². The number of rotatable bonds is 2. The zero-order valence-electron chi connectivity index (χ0n) is 9.45. The number of benzene rings is 1. The second-order valence-electron chi connectivity index (χ2n) is 4.51. The van der Waals surface area contributed by atoms with Crippen molar-refractivity contribution in [1.29, 1.82) is 0 Å². The molecule has 0 aliphatic carbocycles. The molecule has 0 aromatic heterocycles. The van der Waals surface area contributed by atoms with Crippen LogP contribution in [0.25, 0.3) is 5.70 Å². The van der Waals surface area contributed by atoms with E-state index in [1.54, 1.807) is 0 Å². The Kier molecular flexibility index (Phi) is 3.10. The van der Waals surface area contributed by atoms with Crippen LogP contribution in [0.15, 0.2) is 36.9 Å². The van der Waals surface area contributed by atoms with Gasteiger partial charge in [0.2, 0.25) is 0 Å². The van der Waals surface area contributed by atoms with E-state index in [-0.39, 0.29) is 0 Å². The quantitative estimate of drug-likeness (QED) is 0.709. The Bertz CT molecular complexity index is 328. The lowest BCUT2D eigenvalue weighted by Gasteiger charge is -2.34. The molecule has 2 rings (SSSR count). The average molecular weight is 201 g/mol. The number of likely N-dealkylation sites (tertiary alicyclic amines) is 1. The largest absolute Gasteiger partial charge is 0.371 e. The molecule has 0 unspecified atom stereocenters. The van der Waals surface area contributed by atoms with Crippen LogP contribution >= 0.6 is 0 Å². The summed E-state index contributed by atoms with van der Waals surface area (Å²) in [5.74, 6) is 0.805. The summed E-state index contributed by atoms with van der Waals surface area (Å²) < 4.78 is 0. The second kappa shape index (κ2) is 4.52. The van der Waals surface area contributed by atoms with Crippen molar-refractivity contribution in [3.63, 3.8) is 0 Å². The summed E-state index contributed by atoms with van der Waals surface area (Å²) in [6, 6.07) is 10.5. The van der Waals surface area contributed by atoms with Gasteiger partial charge >= 0.3 is 0 Å². The Morgan fingerprint density at radius 2 is 2.07 bits per heavy atom. The minimum atomic E-state index is 0.805. The highest BCUT2D eigenvalue weighted by molar-refractivity contribution is 5.61. The normalized spacial score (nSPS) is 21.4. The van der Waals surface area contributed by atoms with Crippen molar-refractivity contribution in [3.8, 4) is 0 Å². The fourth-order valence-electron chi connectivity index (χ4n) is 2.25. The highest BCUT2D eigenvalue weighted by Crippen LogP contribution is 2.24. The van der Waals surface area contributed by atoms with E-state index in [0.717, 1.165) is 19.0 Å². The van der Waals surface area contributed by atoms with Crippen LogP contribution in [-0.4, -0.2) is 18.0 Å². The lowest BCUT2D eigenvalue weighted by atomic mass is 9.99. The summed E-state index contributed by atoms with van der Waals surface area (Å²) in [6.07, 6.45) is 2.66. The van der Waals surface area contributed by atoms with Gasteiger partial charge in [-0.1, -0.05) is 43.8 Å². The van der Waals surface area contributed by atoms with Crippen molar-refractivity contribution in [2.45, 2.75) is 19.8 Å². The van der Waals surface area contributed by atoms with Gasteiger partial charge in [0.1, 0.15) is 0 Å². The van der Waals surface area contributed by atoms with Crippen molar-refractivity contribution < 1.29 is 0 Å². The van der Waals surface area contributed by atoms with Crippen LogP contribution in [0.3, 0.4) is 0 Å². The molecule has 1 heterocycles. The summed E-state index contributed by atoms with van der Waals surface area (Å²) in [5, 5.41) is 0. The van der Waals surface area contributed by atoms with Gasteiger partial charge in [-0.15, -0.1) is 0 Å². The van der Waals surface area contributed by atoms with Gasteiger partial charge in [-0.2, -0.15) is 0 Å². The first-order chi connectivity index (χ1) is 7.27. The second-order valence-corrected chi connectivity index (χ2v) is 4.51. The number of nitrogens with zero attached hydrogens (tertiary/aromatic N) is 1. The standard InChI is InChI=1S/C14H19N/c1-12-7-6-10-15(11-12)13(2)14-8-4-3-5-9-14/h3-5,8-9,12H,2,6-7,10-11H2,1H3/t12-/m1/s1. The van der Waals surface area contributed by atoms with Crippen molar-refractivity contribution >= 4 is 5.70 Å². The zero-order chi connectivity index (χ0) is 10.7. The van der Waals surface area contributed by atoms with Gasteiger partial charge in [-0.25, -0.2) is 0 Å². The third-order valence-corrected chi connectivity index (χ3v) is 3.15. The molecule has 0 saturated carbocycles. The van der Waals surface area contributed by atoms with Crippen LogP contribution in [0.1, 0.15) is 25.3 Å². The molecule has 1 atom stereocenters. The van der Waals surface area contributed by atoms with E-state index in [1.165, 1.54) is 24.1 Å². The molecule has 1 saturated heterocycles. The number of hydrogen-bond acceptors (Lipinski definition) is 1. The summed E-state index contributed by atoms with van der Waals surface area (Å²) in [4.78, 5) is 2.42. The molecule has 0 spiro atoms. The van der Waals surface area contributed by atoms with Crippen molar-refractivity contribution in [2.24, 2.45) is 5.92 Å². The monoisotopic (exact) mass is 201 g/mol. The first-order valence-electron chi connectivity index (χ1n) is 5.76. The van der Waals surface area contributed by atoms with Gasteiger partial charge in [-0.3, -0.25) is 0 Å². The third kappa shape index (κ3) is 2.41. The van der Waals surface area contributed by atoms with E-state index in [0.29, 0.717) is 0 Å². The van der Waals surface area contributed by atoms with Crippen molar-refractivity contribution in [2.75, 3.05) is 13.1 Å².